The fourth-order valence-electron chi connectivity index (χ4n) is 3.05. The Balaban J connectivity index is 2.02. The number of methoxy groups -OCH3 is 1. The zero-order chi connectivity index (χ0) is 16.7. The highest BCUT2D eigenvalue weighted by Crippen LogP contribution is 2.37. The number of hydrogen-bond acceptors (Lipinski definition) is 4. The quantitative estimate of drug-likeness (QED) is 0.762. The highest BCUT2D eigenvalue weighted by Gasteiger charge is 2.26. The van der Waals surface area contributed by atoms with Crippen LogP contribution in [0.4, 0.5) is 5.69 Å². The van der Waals surface area contributed by atoms with Gasteiger partial charge in [-0.05, 0) is 30.3 Å². The molecular formula is C18H17ClN4O. The average Bonchev–Trinajstić information content (AvgIpc) is 2.99. The maximum Gasteiger partial charge on any atom is 0.172 e. The molecule has 0 fully saturated rings. The first kappa shape index (κ1) is 15.0. The van der Waals surface area contributed by atoms with Crippen LogP contribution in [0, 0.1) is 0 Å². The second-order valence-electron chi connectivity index (χ2n) is 5.86. The lowest BCUT2D eigenvalue weighted by Crippen LogP contribution is -2.09. The van der Waals surface area contributed by atoms with Gasteiger partial charge >= 0.3 is 0 Å². The molecule has 0 amide bonds. The van der Waals surface area contributed by atoms with Crippen LogP contribution in [0.1, 0.15) is 18.7 Å². The molecule has 1 atom stereocenters. The zero-order valence-electron chi connectivity index (χ0n) is 13.5. The number of nitrogens with one attached hydrogen (secondary N) is 1. The van der Waals surface area contributed by atoms with Crippen LogP contribution < -0.4 is 10.1 Å². The second-order valence-corrected chi connectivity index (χ2v) is 6.30. The molecule has 0 saturated heterocycles. The third kappa shape index (κ3) is 2.32. The third-order valence-corrected chi connectivity index (χ3v) is 4.51. The lowest BCUT2D eigenvalue weighted by Gasteiger charge is -2.14. The maximum atomic E-state index is 6.25. The van der Waals surface area contributed by atoms with Crippen LogP contribution in [0.3, 0.4) is 0 Å². The van der Waals surface area contributed by atoms with Gasteiger partial charge in [-0.2, -0.15) is 0 Å². The average molecular weight is 341 g/mol. The van der Waals surface area contributed by atoms with Gasteiger partial charge in [0.1, 0.15) is 11.6 Å². The minimum Gasteiger partial charge on any atom is -0.496 e. The molecule has 1 aliphatic rings. The van der Waals surface area contributed by atoms with Gasteiger partial charge in [0.15, 0.2) is 5.82 Å². The molecule has 2 heterocycles. The van der Waals surface area contributed by atoms with Crippen molar-refractivity contribution in [1.29, 1.82) is 0 Å². The Morgan fingerprint density at radius 3 is 2.88 bits per heavy atom. The Bertz CT molecular complexity index is 906. The van der Waals surface area contributed by atoms with Gasteiger partial charge in [-0.3, -0.25) is 4.57 Å². The number of benzene rings is 2. The van der Waals surface area contributed by atoms with Crippen molar-refractivity contribution in [3.63, 3.8) is 0 Å². The number of aromatic nitrogens is 3. The first-order valence-electron chi connectivity index (χ1n) is 7.81. The first-order chi connectivity index (χ1) is 11.7. The number of anilines is 1. The van der Waals surface area contributed by atoms with Crippen molar-refractivity contribution >= 4 is 17.3 Å². The van der Waals surface area contributed by atoms with Gasteiger partial charge in [-0.25, -0.2) is 0 Å². The van der Waals surface area contributed by atoms with Crippen LogP contribution in [0.15, 0.2) is 42.5 Å². The molecule has 0 spiro atoms. The topological polar surface area (TPSA) is 52.0 Å². The van der Waals surface area contributed by atoms with Gasteiger partial charge in [0, 0.05) is 17.5 Å². The molecule has 6 heteroatoms. The number of ether oxygens (including phenoxy) is 1. The van der Waals surface area contributed by atoms with E-state index in [1.54, 1.807) is 7.11 Å². The Labute approximate surface area is 145 Å². The van der Waals surface area contributed by atoms with Crippen LogP contribution in [-0.4, -0.2) is 28.4 Å². The highest BCUT2D eigenvalue weighted by atomic mass is 35.5. The molecule has 4 rings (SSSR count). The summed E-state index contributed by atoms with van der Waals surface area (Å²) in [4.78, 5) is 0. The molecule has 0 bridgehead atoms. The van der Waals surface area contributed by atoms with Gasteiger partial charge in [0.25, 0.3) is 0 Å². The van der Waals surface area contributed by atoms with E-state index in [9.17, 15) is 0 Å². The summed E-state index contributed by atoms with van der Waals surface area (Å²) in [6.07, 6.45) is 0. The van der Waals surface area contributed by atoms with Crippen LogP contribution >= 0.6 is 11.6 Å². The summed E-state index contributed by atoms with van der Waals surface area (Å²) in [5, 5.41) is 13.1. The van der Waals surface area contributed by atoms with Gasteiger partial charge in [-0.15, -0.1) is 10.2 Å². The van der Waals surface area contributed by atoms with Crippen molar-refractivity contribution in [3.8, 4) is 22.8 Å². The smallest absolute Gasteiger partial charge is 0.172 e. The van der Waals surface area contributed by atoms with E-state index in [4.69, 9.17) is 16.3 Å². The van der Waals surface area contributed by atoms with Gasteiger partial charge in [0.05, 0.1) is 24.0 Å². The van der Waals surface area contributed by atoms with E-state index in [2.05, 4.69) is 27.0 Å². The van der Waals surface area contributed by atoms with Crippen molar-refractivity contribution in [1.82, 2.24) is 14.8 Å². The molecule has 0 saturated carbocycles. The van der Waals surface area contributed by atoms with Crippen molar-refractivity contribution in [2.24, 2.45) is 0 Å². The summed E-state index contributed by atoms with van der Waals surface area (Å²) >= 11 is 6.25. The van der Waals surface area contributed by atoms with E-state index in [1.807, 2.05) is 42.5 Å². The fourth-order valence-corrected chi connectivity index (χ4v) is 3.22. The van der Waals surface area contributed by atoms with Crippen LogP contribution in [0.25, 0.3) is 17.1 Å². The normalized spacial score (nSPS) is 15.9. The van der Waals surface area contributed by atoms with Gasteiger partial charge in [0.2, 0.25) is 0 Å². The monoisotopic (exact) mass is 340 g/mol. The summed E-state index contributed by atoms with van der Waals surface area (Å²) < 4.78 is 7.58. The second kappa shape index (κ2) is 5.83. The number of halogens is 1. The molecule has 1 aromatic heterocycles. The summed E-state index contributed by atoms with van der Waals surface area (Å²) in [7, 11) is 1.66. The number of rotatable bonds is 2. The van der Waals surface area contributed by atoms with Gasteiger partial charge in [-0.1, -0.05) is 30.7 Å². The number of nitrogens with zero attached hydrogens (tertiary/aromatic N) is 3. The maximum absolute atomic E-state index is 6.25. The number of fused-ring (bicyclic) bond motifs is 3. The largest absolute Gasteiger partial charge is 0.496 e. The minimum absolute atomic E-state index is 0.215. The summed E-state index contributed by atoms with van der Waals surface area (Å²) in [6.45, 7) is 2.92. The predicted molar refractivity (Wildman–Crippen MR) is 95.3 cm³/mol. The van der Waals surface area contributed by atoms with E-state index in [0.717, 1.165) is 40.9 Å². The first-order valence-corrected chi connectivity index (χ1v) is 8.19. The predicted octanol–water partition coefficient (Wildman–Crippen LogP) is 4.13. The molecule has 1 aliphatic heterocycles. The van der Waals surface area contributed by atoms with E-state index in [1.165, 1.54) is 0 Å². The number of hydrogen-bond donors (Lipinski definition) is 1. The third-order valence-electron chi connectivity index (χ3n) is 4.28. The SMILES string of the molecule is COc1ccccc1-c1nnc2n1-c1cc(Cl)ccc1NCC2C. The zero-order valence-corrected chi connectivity index (χ0v) is 14.2. The molecule has 24 heavy (non-hydrogen) atoms. The Kier molecular flexibility index (Phi) is 3.65. The van der Waals surface area contributed by atoms with Crippen molar-refractivity contribution in [3.05, 3.63) is 53.3 Å². The van der Waals surface area contributed by atoms with Crippen molar-refractivity contribution in [2.75, 3.05) is 19.0 Å². The fraction of sp³-hybridized carbons (Fsp3) is 0.222. The van der Waals surface area contributed by atoms with Gasteiger partial charge < -0.3 is 10.1 Å². The molecule has 1 N–H and O–H groups in total. The van der Waals surface area contributed by atoms with Crippen LogP contribution in [0.2, 0.25) is 5.02 Å². The van der Waals surface area contributed by atoms with E-state index in [0.29, 0.717) is 5.02 Å². The molecule has 3 aromatic rings. The molecule has 2 aromatic carbocycles. The van der Waals surface area contributed by atoms with Crippen molar-refractivity contribution in [2.45, 2.75) is 12.8 Å². The standard InChI is InChI=1S/C18H17ClN4O/c1-11-10-20-14-8-7-12(19)9-15(14)23-17(11)21-22-18(23)13-5-3-4-6-16(13)24-2/h3-9,11,20H,10H2,1-2H3. The Morgan fingerprint density at radius 1 is 1.21 bits per heavy atom. The van der Waals surface area contributed by atoms with E-state index in [-0.39, 0.29) is 5.92 Å². The Morgan fingerprint density at radius 2 is 2.04 bits per heavy atom. The highest BCUT2D eigenvalue weighted by molar-refractivity contribution is 6.30. The van der Waals surface area contributed by atoms with Crippen molar-refractivity contribution < 1.29 is 4.74 Å². The molecule has 0 aliphatic carbocycles. The molecule has 5 nitrogen and oxygen atoms in total. The minimum atomic E-state index is 0.215. The molecule has 122 valence electrons. The molecule has 0 radical (unpaired) electrons. The van der Waals surface area contributed by atoms with E-state index < -0.39 is 0 Å². The van der Waals surface area contributed by atoms with E-state index >= 15 is 0 Å². The summed E-state index contributed by atoms with van der Waals surface area (Å²) in [6, 6.07) is 13.6. The van der Waals surface area contributed by atoms with Crippen LogP contribution in [0.5, 0.6) is 5.75 Å². The summed E-state index contributed by atoms with van der Waals surface area (Å²) in [5.41, 5.74) is 2.87. The molecular weight excluding hydrogens is 324 g/mol. The molecule has 1 unspecified atom stereocenters. The lowest BCUT2D eigenvalue weighted by molar-refractivity contribution is 0.416. The van der Waals surface area contributed by atoms with Crippen LogP contribution in [-0.2, 0) is 0 Å². The Hall–Kier alpha value is -2.53. The summed E-state index contributed by atoms with van der Waals surface area (Å²) in [5.74, 6) is 2.64. The lowest BCUT2D eigenvalue weighted by atomic mass is 10.1. The number of para-hydroxylation sites is 1.